The quantitative estimate of drug-likeness (QED) is 0.521. The highest BCUT2D eigenvalue weighted by Crippen LogP contribution is 2.40. The van der Waals surface area contributed by atoms with Gasteiger partial charge in [0.15, 0.2) is 0 Å². The summed E-state index contributed by atoms with van der Waals surface area (Å²) in [7, 11) is 0. The maximum atomic E-state index is 2.52. The maximum absolute atomic E-state index is 2.52. The lowest BCUT2D eigenvalue weighted by molar-refractivity contribution is 0.347. The maximum Gasteiger partial charge on any atom is -0.0159 e. The van der Waals surface area contributed by atoms with Crippen molar-refractivity contribution < 1.29 is 0 Å². The molecule has 0 nitrogen and oxygen atoms in total. The molecule has 0 bridgehead atoms. The summed E-state index contributed by atoms with van der Waals surface area (Å²) in [5, 5.41) is 0. The van der Waals surface area contributed by atoms with Crippen molar-refractivity contribution in [3.8, 4) is 0 Å². The zero-order valence-electron chi connectivity index (χ0n) is 17.6. The predicted molar refractivity (Wildman–Crippen MR) is 113 cm³/mol. The number of allylic oxidation sites excluding steroid dienone is 2. The Hall–Kier alpha value is -1.04. The van der Waals surface area contributed by atoms with Crippen LogP contribution in [-0.4, -0.2) is 0 Å². The van der Waals surface area contributed by atoms with E-state index < -0.39 is 0 Å². The summed E-state index contributed by atoms with van der Waals surface area (Å²) in [6, 6.07) is 4.93. The minimum atomic E-state index is 0.811. The van der Waals surface area contributed by atoms with Gasteiger partial charge in [-0.2, -0.15) is 0 Å². The van der Waals surface area contributed by atoms with Gasteiger partial charge in [0, 0.05) is 0 Å². The van der Waals surface area contributed by atoms with E-state index in [0.717, 1.165) is 17.8 Å². The minimum absolute atomic E-state index is 0.811. The first-order valence-electron chi connectivity index (χ1n) is 10.9. The van der Waals surface area contributed by atoms with Gasteiger partial charge in [0.2, 0.25) is 0 Å². The van der Waals surface area contributed by atoms with Crippen LogP contribution in [0.5, 0.6) is 0 Å². The fraction of sp³-hybridized carbons (Fsp3) is 0.680. The van der Waals surface area contributed by atoms with Crippen LogP contribution >= 0.6 is 0 Å². The molecule has 0 amide bonds. The van der Waals surface area contributed by atoms with Crippen molar-refractivity contribution in [2.24, 2.45) is 11.8 Å². The van der Waals surface area contributed by atoms with Gasteiger partial charge in [-0.15, -0.1) is 0 Å². The third-order valence-electron chi connectivity index (χ3n) is 6.47. The molecule has 1 saturated carbocycles. The van der Waals surface area contributed by atoms with E-state index in [0.29, 0.717) is 0 Å². The number of hydrogen-bond acceptors (Lipinski definition) is 0. The lowest BCUT2D eigenvalue weighted by Crippen LogP contribution is -2.13. The summed E-state index contributed by atoms with van der Waals surface area (Å²) in [5.41, 5.74) is 8.06. The smallest absolute Gasteiger partial charge is 0.0159 e. The van der Waals surface area contributed by atoms with Crippen molar-refractivity contribution >= 4 is 5.57 Å². The highest BCUT2D eigenvalue weighted by Gasteiger charge is 2.23. The second-order valence-corrected chi connectivity index (χ2v) is 8.23. The molecule has 1 unspecified atom stereocenters. The van der Waals surface area contributed by atoms with Gasteiger partial charge < -0.3 is 0 Å². The minimum Gasteiger partial charge on any atom is -0.0804 e. The molecular weight excluding hydrogens is 300 g/mol. The van der Waals surface area contributed by atoms with E-state index >= 15 is 0 Å². The topological polar surface area (TPSA) is 0 Å². The van der Waals surface area contributed by atoms with Gasteiger partial charge in [-0.1, -0.05) is 65.7 Å². The molecule has 1 aromatic rings. The fourth-order valence-electron chi connectivity index (χ4n) is 4.75. The molecule has 0 aromatic heterocycles. The van der Waals surface area contributed by atoms with Gasteiger partial charge in [0.25, 0.3) is 0 Å². The average molecular weight is 341 g/mol. The van der Waals surface area contributed by atoms with Crippen molar-refractivity contribution in [1.29, 1.82) is 0 Å². The van der Waals surface area contributed by atoms with Crippen molar-refractivity contribution in [3.05, 3.63) is 40.5 Å². The highest BCUT2D eigenvalue weighted by atomic mass is 14.3. The first-order chi connectivity index (χ1) is 12.1. The molecule has 3 rings (SSSR count). The van der Waals surface area contributed by atoms with E-state index in [1.807, 2.05) is 13.8 Å². The first-order valence-corrected chi connectivity index (χ1v) is 10.9. The Kier molecular flexibility index (Phi) is 7.79. The first kappa shape index (κ1) is 20.3. The Morgan fingerprint density at radius 3 is 2.16 bits per heavy atom. The lowest BCUT2D eigenvalue weighted by Gasteiger charge is -2.29. The largest absolute Gasteiger partial charge is 0.0804 e. The van der Waals surface area contributed by atoms with Crippen LogP contribution < -0.4 is 0 Å². The molecule has 0 aliphatic heterocycles. The number of hydrogen-bond donors (Lipinski definition) is 0. The zero-order chi connectivity index (χ0) is 18.4. The molecule has 1 aromatic carbocycles. The van der Waals surface area contributed by atoms with Crippen molar-refractivity contribution in [2.75, 3.05) is 0 Å². The molecule has 2 aliphatic rings. The van der Waals surface area contributed by atoms with Crippen molar-refractivity contribution in [2.45, 2.75) is 98.8 Å². The standard InChI is InChI=1S/C23H34.C2H6/c1-5-21-18(4)22(19-10-6-16(2)7-11-19)14-15-23(21)20-12-8-17(3)9-13-20;1-2/h12,14-17,19H,5-11,13H2,1-4H3;1-2H3. The molecule has 0 heteroatoms. The Bertz CT molecular complexity index is 570. The van der Waals surface area contributed by atoms with Crippen LogP contribution in [0.1, 0.15) is 108 Å². The SMILES string of the molecule is CC.CCc1c(C2=CCC(C)CC2)ccc(C2CCC(C)CC2)c1C. The average Bonchev–Trinajstić information content (AvgIpc) is 2.65. The highest BCUT2D eigenvalue weighted by molar-refractivity contribution is 5.70. The van der Waals surface area contributed by atoms with E-state index in [1.165, 1.54) is 51.4 Å². The van der Waals surface area contributed by atoms with Crippen LogP contribution in [0.4, 0.5) is 0 Å². The van der Waals surface area contributed by atoms with Crippen LogP contribution in [0, 0.1) is 18.8 Å². The molecule has 1 atom stereocenters. The number of benzene rings is 1. The van der Waals surface area contributed by atoms with E-state index in [9.17, 15) is 0 Å². The fourth-order valence-corrected chi connectivity index (χ4v) is 4.75. The Labute approximate surface area is 157 Å². The van der Waals surface area contributed by atoms with Crippen molar-refractivity contribution in [3.63, 3.8) is 0 Å². The van der Waals surface area contributed by atoms with Crippen LogP contribution in [0.25, 0.3) is 5.57 Å². The summed E-state index contributed by atoms with van der Waals surface area (Å²) >= 11 is 0. The van der Waals surface area contributed by atoms with Gasteiger partial charge in [0.1, 0.15) is 0 Å². The summed E-state index contributed by atoms with van der Waals surface area (Å²) in [6.07, 6.45) is 13.2. The summed E-state index contributed by atoms with van der Waals surface area (Å²) in [5.74, 6) is 2.62. The molecule has 0 heterocycles. The molecule has 1 fully saturated rings. The van der Waals surface area contributed by atoms with E-state index in [-0.39, 0.29) is 0 Å². The van der Waals surface area contributed by atoms with Gasteiger partial charge in [0.05, 0.1) is 0 Å². The second kappa shape index (κ2) is 9.60. The molecule has 0 saturated heterocycles. The predicted octanol–water partition coefficient (Wildman–Crippen LogP) is 8.08. The molecule has 0 spiro atoms. The van der Waals surface area contributed by atoms with Crippen LogP contribution in [0.3, 0.4) is 0 Å². The van der Waals surface area contributed by atoms with E-state index in [1.54, 1.807) is 27.8 Å². The van der Waals surface area contributed by atoms with Gasteiger partial charge >= 0.3 is 0 Å². The van der Waals surface area contributed by atoms with Gasteiger partial charge in [-0.3, -0.25) is 0 Å². The van der Waals surface area contributed by atoms with Gasteiger partial charge in [-0.25, -0.2) is 0 Å². The van der Waals surface area contributed by atoms with Crippen LogP contribution in [0.15, 0.2) is 18.2 Å². The lowest BCUT2D eigenvalue weighted by atomic mass is 9.76. The molecule has 140 valence electrons. The van der Waals surface area contributed by atoms with Crippen LogP contribution in [-0.2, 0) is 6.42 Å². The second-order valence-electron chi connectivity index (χ2n) is 8.23. The molecule has 0 N–H and O–H groups in total. The Balaban J connectivity index is 0.00000109. The van der Waals surface area contributed by atoms with Crippen LogP contribution in [0.2, 0.25) is 0 Å². The number of rotatable bonds is 3. The summed E-state index contributed by atoms with van der Waals surface area (Å²) < 4.78 is 0. The molecule has 0 radical (unpaired) electrons. The van der Waals surface area contributed by atoms with Gasteiger partial charge in [-0.05, 0) is 91.0 Å². The van der Waals surface area contributed by atoms with E-state index in [4.69, 9.17) is 0 Å². The van der Waals surface area contributed by atoms with Crippen molar-refractivity contribution in [1.82, 2.24) is 0 Å². The third kappa shape index (κ3) is 4.78. The third-order valence-corrected chi connectivity index (χ3v) is 6.47. The normalized spacial score (nSPS) is 26.5. The zero-order valence-corrected chi connectivity index (χ0v) is 17.6. The summed E-state index contributed by atoms with van der Waals surface area (Å²) in [6.45, 7) is 13.5. The van der Waals surface area contributed by atoms with E-state index in [2.05, 4.69) is 45.9 Å². The summed E-state index contributed by atoms with van der Waals surface area (Å²) in [4.78, 5) is 0. The molecular formula is C25H40. The molecule has 2 aliphatic carbocycles. The monoisotopic (exact) mass is 340 g/mol. The molecule has 25 heavy (non-hydrogen) atoms. The Morgan fingerprint density at radius 1 is 0.920 bits per heavy atom. The Morgan fingerprint density at radius 2 is 1.60 bits per heavy atom.